The van der Waals surface area contributed by atoms with E-state index in [9.17, 15) is 9.36 Å². The van der Waals surface area contributed by atoms with E-state index in [0.29, 0.717) is 11.5 Å². The van der Waals surface area contributed by atoms with Gasteiger partial charge >= 0.3 is 13.3 Å². The summed E-state index contributed by atoms with van der Waals surface area (Å²) in [7, 11) is -1.90. The Kier molecular flexibility index (Phi) is 9.35. The monoisotopic (exact) mass is 391 g/mol. The quantitative estimate of drug-likeness (QED) is 0.299. The van der Waals surface area contributed by atoms with Crippen molar-refractivity contribution in [3.63, 3.8) is 0 Å². The number of carbonyl (C=O) groups is 1. The maximum Gasteiger partial charge on any atom is 0.423 e. The van der Waals surface area contributed by atoms with E-state index < -0.39 is 7.80 Å². The zero-order chi connectivity index (χ0) is 20.8. The van der Waals surface area contributed by atoms with E-state index in [1.165, 1.54) is 0 Å². The van der Waals surface area contributed by atoms with E-state index >= 15 is 0 Å². The summed E-state index contributed by atoms with van der Waals surface area (Å²) in [5, 5.41) is 0. The van der Waals surface area contributed by atoms with Crippen molar-refractivity contribution in [2.75, 3.05) is 0 Å². The lowest BCUT2D eigenvalue weighted by Crippen LogP contribution is -2.17. The second kappa shape index (κ2) is 10.5. The van der Waals surface area contributed by atoms with Gasteiger partial charge in [0, 0.05) is 0 Å². The summed E-state index contributed by atoms with van der Waals surface area (Å²) < 4.78 is 13.3. The number of hydrogen-bond acceptors (Lipinski definition) is 2. The molecule has 2 nitrogen and oxygen atoms in total. The van der Waals surface area contributed by atoms with Crippen molar-refractivity contribution in [3.8, 4) is 0 Å². The average molecular weight is 392 g/mol. The molecule has 1 rings (SSSR count). The van der Waals surface area contributed by atoms with Crippen LogP contribution in [0.25, 0.3) is 0 Å². The SMILES string of the molecule is CCCCCC(CC(C)CC(C)(C)C)[P+](=O)C(=O)c1c(C)cc(C)cc1C. The molecule has 27 heavy (non-hydrogen) atoms. The maximum atomic E-state index is 13.3. The largest absolute Gasteiger partial charge is 0.423 e. The Morgan fingerprint density at radius 2 is 1.63 bits per heavy atom. The van der Waals surface area contributed by atoms with Crippen LogP contribution >= 0.6 is 7.80 Å². The first-order valence-electron chi connectivity index (χ1n) is 10.5. The van der Waals surface area contributed by atoms with Gasteiger partial charge in [-0.05, 0) is 68.9 Å². The van der Waals surface area contributed by atoms with Crippen LogP contribution < -0.4 is 0 Å². The molecule has 0 aliphatic rings. The lowest BCUT2D eigenvalue weighted by atomic mass is 9.83. The molecule has 0 aliphatic carbocycles. The highest BCUT2D eigenvalue weighted by atomic mass is 31.1. The molecule has 0 saturated heterocycles. The maximum absolute atomic E-state index is 13.3. The first kappa shape index (κ1) is 24.0. The molecule has 152 valence electrons. The lowest BCUT2D eigenvalue weighted by molar-refractivity contribution is 0.107. The van der Waals surface area contributed by atoms with E-state index in [-0.39, 0.29) is 16.6 Å². The molecule has 0 spiro atoms. The van der Waals surface area contributed by atoms with E-state index in [1.807, 2.05) is 32.9 Å². The van der Waals surface area contributed by atoms with Crippen LogP contribution in [0.3, 0.4) is 0 Å². The Balaban J connectivity index is 3.03. The number of aryl methyl sites for hydroxylation is 3. The van der Waals surface area contributed by atoms with Crippen molar-refractivity contribution in [2.24, 2.45) is 11.3 Å². The highest BCUT2D eigenvalue weighted by molar-refractivity contribution is 7.65. The number of rotatable bonds is 10. The van der Waals surface area contributed by atoms with E-state index in [2.05, 4.69) is 34.6 Å². The second-order valence-electron chi connectivity index (χ2n) is 9.66. The number of benzene rings is 1. The van der Waals surface area contributed by atoms with Crippen LogP contribution in [0.5, 0.6) is 0 Å². The van der Waals surface area contributed by atoms with Crippen molar-refractivity contribution in [3.05, 3.63) is 34.4 Å². The molecule has 0 bridgehead atoms. The fraction of sp³-hybridized carbons (Fsp3) is 0.708. The van der Waals surface area contributed by atoms with Crippen LogP contribution in [0.15, 0.2) is 12.1 Å². The van der Waals surface area contributed by atoms with Crippen LogP contribution in [-0.4, -0.2) is 11.2 Å². The van der Waals surface area contributed by atoms with Crippen LogP contribution in [0, 0.1) is 32.1 Å². The average Bonchev–Trinajstić information content (AvgIpc) is 2.50. The molecular formula is C24H40O2P+. The minimum atomic E-state index is -1.90. The third-order valence-corrected chi connectivity index (χ3v) is 6.96. The van der Waals surface area contributed by atoms with E-state index in [0.717, 1.165) is 55.2 Å². The predicted octanol–water partition coefficient (Wildman–Crippen LogP) is 7.99. The second-order valence-corrected chi connectivity index (χ2v) is 11.4. The molecule has 0 fully saturated rings. The minimum Gasteiger partial charge on any atom is -0.234 e. The Hall–Kier alpha value is -1.01. The van der Waals surface area contributed by atoms with Gasteiger partial charge in [0.1, 0.15) is 0 Å². The molecule has 0 aliphatic heterocycles. The normalized spacial score (nSPS) is 14.7. The summed E-state index contributed by atoms with van der Waals surface area (Å²) in [6.45, 7) is 17.1. The Morgan fingerprint density at radius 3 is 2.11 bits per heavy atom. The van der Waals surface area contributed by atoms with E-state index in [1.54, 1.807) is 0 Å². The predicted molar refractivity (Wildman–Crippen MR) is 118 cm³/mol. The summed E-state index contributed by atoms with van der Waals surface area (Å²) in [5.41, 5.74) is 3.86. The van der Waals surface area contributed by atoms with Gasteiger partial charge in [-0.1, -0.05) is 69.7 Å². The van der Waals surface area contributed by atoms with Crippen molar-refractivity contribution in [2.45, 2.75) is 99.6 Å². The van der Waals surface area contributed by atoms with Gasteiger partial charge in [-0.2, -0.15) is 0 Å². The summed E-state index contributed by atoms with van der Waals surface area (Å²) >= 11 is 0. The van der Waals surface area contributed by atoms with Gasteiger partial charge in [-0.15, -0.1) is 0 Å². The van der Waals surface area contributed by atoms with Gasteiger partial charge in [-0.25, -0.2) is 4.79 Å². The minimum absolute atomic E-state index is 0.00324. The topological polar surface area (TPSA) is 34.1 Å². The van der Waals surface area contributed by atoms with Crippen LogP contribution in [0.2, 0.25) is 0 Å². The summed E-state index contributed by atoms with van der Waals surface area (Å²) in [6, 6.07) is 4.05. The molecule has 1 aromatic rings. The summed E-state index contributed by atoms with van der Waals surface area (Å²) in [5.74, 6) is 0.476. The Morgan fingerprint density at radius 1 is 1.07 bits per heavy atom. The highest BCUT2D eigenvalue weighted by Crippen LogP contribution is 2.42. The third kappa shape index (κ3) is 7.86. The van der Waals surface area contributed by atoms with Crippen molar-refractivity contribution < 1.29 is 9.36 Å². The van der Waals surface area contributed by atoms with Crippen LogP contribution in [0.4, 0.5) is 0 Å². The van der Waals surface area contributed by atoms with Gasteiger partial charge in [0.15, 0.2) is 5.66 Å². The number of hydrogen-bond donors (Lipinski definition) is 0. The molecule has 0 radical (unpaired) electrons. The number of unbranched alkanes of at least 4 members (excludes halogenated alkanes) is 2. The zero-order valence-electron chi connectivity index (χ0n) is 18.8. The Bertz CT molecular complexity index is 632. The van der Waals surface area contributed by atoms with Crippen LogP contribution in [-0.2, 0) is 4.57 Å². The molecule has 0 amide bonds. The summed E-state index contributed by atoms with van der Waals surface area (Å²) in [4.78, 5) is 13.2. The van der Waals surface area contributed by atoms with Crippen molar-refractivity contribution in [1.29, 1.82) is 0 Å². The Labute approximate surface area is 168 Å². The fourth-order valence-corrected chi connectivity index (χ4v) is 6.22. The first-order valence-corrected chi connectivity index (χ1v) is 11.9. The van der Waals surface area contributed by atoms with Gasteiger partial charge in [0.05, 0.1) is 5.56 Å². The molecule has 3 atom stereocenters. The molecule has 3 heteroatoms. The molecule has 0 heterocycles. The zero-order valence-corrected chi connectivity index (χ0v) is 19.7. The molecule has 0 saturated carbocycles. The summed E-state index contributed by atoms with van der Waals surface area (Å²) in [6.07, 6.45) is 6.22. The van der Waals surface area contributed by atoms with Crippen LogP contribution in [0.1, 0.15) is 100 Å². The van der Waals surface area contributed by atoms with E-state index in [4.69, 9.17) is 0 Å². The van der Waals surface area contributed by atoms with Gasteiger partial charge < -0.3 is 0 Å². The lowest BCUT2D eigenvalue weighted by Gasteiger charge is -2.23. The number of carbonyl (C=O) groups excluding carboxylic acids is 1. The third-order valence-electron chi connectivity index (χ3n) is 5.20. The molecule has 0 aromatic heterocycles. The molecule has 3 unspecified atom stereocenters. The highest BCUT2D eigenvalue weighted by Gasteiger charge is 2.41. The molecule has 1 aromatic carbocycles. The van der Waals surface area contributed by atoms with Crippen molar-refractivity contribution in [1.82, 2.24) is 0 Å². The van der Waals surface area contributed by atoms with Crippen molar-refractivity contribution >= 4 is 13.3 Å². The fourth-order valence-electron chi connectivity index (χ4n) is 4.35. The van der Waals surface area contributed by atoms with Gasteiger partial charge in [-0.3, -0.25) is 0 Å². The van der Waals surface area contributed by atoms with Gasteiger partial charge in [0.2, 0.25) is 0 Å². The molecule has 0 N–H and O–H groups in total. The van der Waals surface area contributed by atoms with Gasteiger partial charge in [0.25, 0.3) is 0 Å². The standard InChI is InChI=1S/C24H40O2P/c1-9-10-11-12-21(15-18(3)16-24(6,7)8)27(26)23(25)22-19(4)13-17(2)14-20(22)5/h13-14,18,21H,9-12,15-16H2,1-8H3/q+1. The molecular weight excluding hydrogens is 351 g/mol. The smallest absolute Gasteiger partial charge is 0.234 e. The first-order chi connectivity index (χ1) is 12.5.